The quantitative estimate of drug-likeness (QED) is 0.239. The maximum absolute atomic E-state index is 14.2. The Balaban J connectivity index is 0.000000131. The first-order valence-corrected chi connectivity index (χ1v) is 17.2. The lowest BCUT2D eigenvalue weighted by Gasteiger charge is -2.50. The zero-order valence-corrected chi connectivity index (χ0v) is 26.8. The predicted octanol–water partition coefficient (Wildman–Crippen LogP) is 6.39. The molecule has 4 aromatic rings. The number of hydrogen-bond donors (Lipinski definition) is 0. The molecular formula is C39H38F2N4O3. The number of piperidine rings is 6. The highest BCUT2D eigenvalue weighted by molar-refractivity contribution is 5.79. The Morgan fingerprint density at radius 2 is 1.21 bits per heavy atom. The molecule has 8 aliphatic heterocycles. The third kappa shape index (κ3) is 5.01. The molecule has 0 unspecified atom stereocenters. The van der Waals surface area contributed by atoms with E-state index in [-0.39, 0.29) is 22.8 Å². The number of carbonyl (C=O) groups is 1. The number of pyridine rings is 2. The lowest BCUT2D eigenvalue weighted by Crippen LogP contribution is -2.61. The standard InChI is InChI=1S/C20H19FN2O2.C19H19FN2O/c21-18-2-1-13(11-24)7-17(18)15-8-14-9-20(25-19(14)22-10-15)12-23-5-3-16(20)4-6-23;20-17-4-2-1-3-16(17)14-9-13-10-19(23-18(13)21-11-14)12-22-7-5-15(19)6-8-22/h1-2,7-8,10-11,16H,3-6,9,12H2;1-4,9,11,15H,5-8,10,12H2/t20-;19-/m00/s1. The van der Waals surface area contributed by atoms with Gasteiger partial charge in [0.05, 0.1) is 0 Å². The molecule has 7 nitrogen and oxygen atoms in total. The molecule has 2 aromatic carbocycles. The number of aromatic nitrogens is 2. The molecule has 4 bridgehead atoms. The molecule has 2 spiro atoms. The summed E-state index contributed by atoms with van der Waals surface area (Å²) < 4.78 is 40.9. The van der Waals surface area contributed by atoms with E-state index in [2.05, 4.69) is 25.8 Å². The molecule has 8 aliphatic rings. The summed E-state index contributed by atoms with van der Waals surface area (Å²) in [6, 6.07) is 15.3. The van der Waals surface area contributed by atoms with E-state index < -0.39 is 0 Å². The molecule has 12 rings (SSSR count). The van der Waals surface area contributed by atoms with Crippen LogP contribution in [0.5, 0.6) is 11.8 Å². The van der Waals surface area contributed by atoms with Crippen LogP contribution in [0.15, 0.2) is 67.0 Å². The van der Waals surface area contributed by atoms with E-state index in [1.807, 2.05) is 12.1 Å². The zero-order valence-electron chi connectivity index (χ0n) is 26.8. The van der Waals surface area contributed by atoms with Crippen LogP contribution in [-0.4, -0.2) is 76.5 Å². The van der Waals surface area contributed by atoms with Gasteiger partial charge in [0.1, 0.15) is 29.1 Å². The van der Waals surface area contributed by atoms with Crippen molar-refractivity contribution in [1.82, 2.24) is 19.8 Å². The minimum Gasteiger partial charge on any atom is -0.469 e. The Labute approximate surface area is 278 Å². The SMILES string of the molecule is Fc1ccccc1-c1cnc2c(c1)C[C@@]1(CN3CCC1CC3)O2.O=Cc1ccc(F)c(-c2cnc3c(c2)C[C@@]2(CN4CCC2CC4)O3)c1. The van der Waals surface area contributed by atoms with Crippen LogP contribution in [0.3, 0.4) is 0 Å². The molecule has 2 atom stereocenters. The number of hydrogen-bond acceptors (Lipinski definition) is 7. The van der Waals surface area contributed by atoms with Crippen LogP contribution < -0.4 is 9.47 Å². The molecule has 10 heterocycles. The van der Waals surface area contributed by atoms with Crippen LogP contribution in [0.4, 0.5) is 8.78 Å². The summed E-state index contributed by atoms with van der Waals surface area (Å²) in [5, 5.41) is 0. The van der Waals surface area contributed by atoms with Gasteiger partial charge in [-0.25, -0.2) is 18.7 Å². The molecule has 6 fully saturated rings. The summed E-state index contributed by atoms with van der Waals surface area (Å²) in [7, 11) is 0. The maximum Gasteiger partial charge on any atom is 0.217 e. The first-order valence-electron chi connectivity index (χ1n) is 17.2. The van der Waals surface area contributed by atoms with Gasteiger partial charge in [0.25, 0.3) is 0 Å². The number of nitrogens with zero attached hydrogens (tertiary/aromatic N) is 4. The summed E-state index contributed by atoms with van der Waals surface area (Å²) in [5.41, 5.74) is 4.93. The Bertz CT molecular complexity index is 1900. The molecule has 6 saturated heterocycles. The summed E-state index contributed by atoms with van der Waals surface area (Å²) in [6.45, 7) is 6.67. The number of benzene rings is 2. The summed E-state index contributed by atoms with van der Waals surface area (Å²) in [5.74, 6) is 2.08. The van der Waals surface area contributed by atoms with Crippen LogP contribution in [0.2, 0.25) is 0 Å². The van der Waals surface area contributed by atoms with Gasteiger partial charge in [-0.1, -0.05) is 18.2 Å². The van der Waals surface area contributed by atoms with Crippen LogP contribution in [-0.2, 0) is 12.8 Å². The third-order valence-corrected chi connectivity index (χ3v) is 11.7. The van der Waals surface area contributed by atoms with E-state index in [0.717, 1.165) is 67.9 Å². The van der Waals surface area contributed by atoms with Gasteiger partial charge in [-0.3, -0.25) is 14.6 Å². The van der Waals surface area contributed by atoms with Gasteiger partial charge in [-0.2, -0.15) is 0 Å². The van der Waals surface area contributed by atoms with Crippen molar-refractivity contribution < 1.29 is 23.0 Å². The number of ether oxygens (including phenoxy) is 2. The minimum absolute atomic E-state index is 0.0975. The average molecular weight is 649 g/mol. The second-order valence-corrected chi connectivity index (χ2v) is 14.5. The molecule has 48 heavy (non-hydrogen) atoms. The van der Waals surface area contributed by atoms with E-state index in [1.54, 1.807) is 30.6 Å². The van der Waals surface area contributed by atoms with E-state index in [1.165, 1.54) is 57.0 Å². The molecule has 0 amide bonds. The van der Waals surface area contributed by atoms with Gasteiger partial charge in [0.15, 0.2) is 0 Å². The Hall–Kier alpha value is -4.21. The van der Waals surface area contributed by atoms with Crippen LogP contribution in [0, 0.1) is 23.5 Å². The smallest absolute Gasteiger partial charge is 0.217 e. The molecular weight excluding hydrogens is 610 g/mol. The summed E-state index contributed by atoms with van der Waals surface area (Å²) >= 11 is 0. The van der Waals surface area contributed by atoms with E-state index >= 15 is 0 Å². The van der Waals surface area contributed by atoms with Gasteiger partial charge < -0.3 is 9.47 Å². The number of aldehydes is 1. The summed E-state index contributed by atoms with van der Waals surface area (Å²) in [6.07, 6.45) is 10.6. The van der Waals surface area contributed by atoms with Gasteiger partial charge in [0, 0.05) is 89.1 Å². The summed E-state index contributed by atoms with van der Waals surface area (Å²) in [4.78, 5) is 24.9. The van der Waals surface area contributed by atoms with Gasteiger partial charge in [-0.05, 0) is 88.3 Å². The highest BCUT2D eigenvalue weighted by Gasteiger charge is 2.53. The molecule has 9 heteroatoms. The Morgan fingerprint density at radius 3 is 1.71 bits per heavy atom. The number of rotatable bonds is 3. The number of fused-ring (bicyclic) bond motifs is 6. The fourth-order valence-corrected chi connectivity index (χ4v) is 9.24. The molecule has 0 saturated carbocycles. The molecule has 0 aliphatic carbocycles. The molecule has 0 N–H and O–H groups in total. The van der Waals surface area contributed by atoms with E-state index in [0.29, 0.717) is 40.0 Å². The van der Waals surface area contributed by atoms with Crippen molar-refractivity contribution in [2.24, 2.45) is 11.8 Å². The highest BCUT2D eigenvalue weighted by Crippen LogP contribution is 2.48. The van der Waals surface area contributed by atoms with Crippen LogP contribution in [0.1, 0.15) is 47.2 Å². The zero-order chi connectivity index (χ0) is 32.5. The minimum atomic E-state index is -0.344. The maximum atomic E-state index is 14.2. The lowest BCUT2D eigenvalue weighted by atomic mass is 9.73. The fourth-order valence-electron chi connectivity index (χ4n) is 9.24. The van der Waals surface area contributed by atoms with Crippen molar-refractivity contribution in [3.63, 3.8) is 0 Å². The highest BCUT2D eigenvalue weighted by atomic mass is 19.1. The number of halogens is 2. The largest absolute Gasteiger partial charge is 0.469 e. The normalized spacial score (nSPS) is 30.3. The van der Waals surface area contributed by atoms with E-state index in [4.69, 9.17) is 9.47 Å². The second kappa shape index (κ2) is 11.4. The van der Waals surface area contributed by atoms with Crippen LogP contribution in [0.25, 0.3) is 22.3 Å². The van der Waals surface area contributed by atoms with Crippen molar-refractivity contribution in [1.29, 1.82) is 0 Å². The Kier molecular flexibility index (Phi) is 7.13. The first kappa shape index (κ1) is 29.9. The topological polar surface area (TPSA) is 67.8 Å². The third-order valence-electron chi connectivity index (χ3n) is 11.7. The van der Waals surface area contributed by atoms with Gasteiger partial charge in [0.2, 0.25) is 11.8 Å². The average Bonchev–Trinajstić information content (AvgIpc) is 3.66. The van der Waals surface area contributed by atoms with Gasteiger partial charge in [-0.15, -0.1) is 0 Å². The van der Waals surface area contributed by atoms with Crippen molar-refractivity contribution in [3.05, 3.63) is 95.3 Å². The van der Waals surface area contributed by atoms with Crippen molar-refractivity contribution in [2.45, 2.75) is 49.7 Å². The number of carbonyl (C=O) groups excluding carboxylic acids is 1. The molecule has 0 radical (unpaired) electrons. The lowest BCUT2D eigenvalue weighted by molar-refractivity contribution is -0.0815. The van der Waals surface area contributed by atoms with E-state index in [9.17, 15) is 13.6 Å². The second-order valence-electron chi connectivity index (χ2n) is 14.5. The van der Waals surface area contributed by atoms with Crippen molar-refractivity contribution in [3.8, 4) is 34.0 Å². The molecule has 246 valence electrons. The van der Waals surface area contributed by atoms with Crippen molar-refractivity contribution in [2.75, 3.05) is 39.3 Å². The Morgan fingerprint density at radius 1 is 0.688 bits per heavy atom. The van der Waals surface area contributed by atoms with Crippen molar-refractivity contribution >= 4 is 6.29 Å². The van der Waals surface area contributed by atoms with Gasteiger partial charge >= 0.3 is 0 Å². The molecule has 2 aromatic heterocycles. The first-order chi connectivity index (χ1) is 23.4. The van der Waals surface area contributed by atoms with Crippen LogP contribution >= 0.6 is 0 Å². The fraction of sp³-hybridized carbons (Fsp3) is 0.410. The predicted molar refractivity (Wildman–Crippen MR) is 177 cm³/mol. The monoisotopic (exact) mass is 648 g/mol.